The van der Waals surface area contributed by atoms with Crippen LogP contribution in [0.5, 0.6) is 0 Å². The van der Waals surface area contributed by atoms with Gasteiger partial charge in [-0.2, -0.15) is 0 Å². The molecule has 4 nitrogen and oxygen atoms in total. The number of hydrogen-bond donors (Lipinski definition) is 2. The molecule has 2 heterocycles. The van der Waals surface area contributed by atoms with E-state index in [1.54, 1.807) is 18.3 Å². The molecular formula is C10H14ClN3O. The van der Waals surface area contributed by atoms with E-state index >= 15 is 0 Å². The Balaban J connectivity index is 0.00000112. The zero-order valence-corrected chi connectivity index (χ0v) is 9.09. The van der Waals surface area contributed by atoms with E-state index in [0.29, 0.717) is 5.69 Å². The Kier molecular flexibility index (Phi) is 4.52. The van der Waals surface area contributed by atoms with Gasteiger partial charge in [0.05, 0.1) is 0 Å². The monoisotopic (exact) mass is 227 g/mol. The Morgan fingerprint density at radius 1 is 1.53 bits per heavy atom. The highest BCUT2D eigenvalue weighted by atomic mass is 35.5. The first-order chi connectivity index (χ1) is 6.86. The summed E-state index contributed by atoms with van der Waals surface area (Å²) in [5.74, 6) is -0.0840. The van der Waals surface area contributed by atoms with Gasteiger partial charge < -0.3 is 10.6 Å². The minimum absolute atomic E-state index is 0. The Hall–Kier alpha value is -1.13. The summed E-state index contributed by atoms with van der Waals surface area (Å²) < 4.78 is 0. The van der Waals surface area contributed by atoms with Crippen molar-refractivity contribution in [1.82, 2.24) is 15.6 Å². The number of amides is 1. The average Bonchev–Trinajstić information content (AvgIpc) is 2.72. The van der Waals surface area contributed by atoms with Crippen molar-refractivity contribution in [2.45, 2.75) is 12.5 Å². The van der Waals surface area contributed by atoms with Crippen molar-refractivity contribution >= 4 is 18.3 Å². The first-order valence-electron chi connectivity index (χ1n) is 4.79. The number of nitrogens with one attached hydrogen (secondary N) is 2. The molecule has 0 aromatic carbocycles. The van der Waals surface area contributed by atoms with Gasteiger partial charge in [0.1, 0.15) is 5.69 Å². The summed E-state index contributed by atoms with van der Waals surface area (Å²) in [7, 11) is 0. The summed E-state index contributed by atoms with van der Waals surface area (Å²) >= 11 is 0. The second kappa shape index (κ2) is 5.68. The maximum Gasteiger partial charge on any atom is 0.270 e. The summed E-state index contributed by atoms with van der Waals surface area (Å²) in [6, 6.07) is 5.59. The first-order valence-corrected chi connectivity index (χ1v) is 4.79. The molecule has 2 rings (SSSR count). The number of rotatable bonds is 2. The van der Waals surface area contributed by atoms with Crippen molar-refractivity contribution in [3.8, 4) is 0 Å². The third-order valence-electron chi connectivity index (χ3n) is 2.29. The number of hydrogen-bond acceptors (Lipinski definition) is 3. The molecule has 0 radical (unpaired) electrons. The third-order valence-corrected chi connectivity index (χ3v) is 2.29. The first kappa shape index (κ1) is 11.9. The molecule has 5 heteroatoms. The standard InChI is InChI=1S/C10H13N3O.ClH/c14-10(9-3-1-2-5-12-9)13-8-4-6-11-7-8;/h1-3,5,8,11H,4,6-7H2,(H,13,14);1H/t8-;/m1./s1. The second-order valence-electron chi connectivity index (χ2n) is 3.38. The number of pyridine rings is 1. The van der Waals surface area contributed by atoms with Gasteiger partial charge in [0.15, 0.2) is 0 Å². The van der Waals surface area contributed by atoms with Gasteiger partial charge in [-0.15, -0.1) is 12.4 Å². The lowest BCUT2D eigenvalue weighted by molar-refractivity contribution is 0.0935. The number of nitrogens with zero attached hydrogens (tertiary/aromatic N) is 1. The van der Waals surface area contributed by atoms with Gasteiger partial charge in [-0.3, -0.25) is 9.78 Å². The molecular weight excluding hydrogens is 214 g/mol. The van der Waals surface area contributed by atoms with Gasteiger partial charge in [0.2, 0.25) is 0 Å². The van der Waals surface area contributed by atoms with Crippen LogP contribution in [0.3, 0.4) is 0 Å². The predicted octanol–water partition coefficient (Wildman–Crippen LogP) is 0.595. The molecule has 15 heavy (non-hydrogen) atoms. The van der Waals surface area contributed by atoms with Crippen LogP contribution in [0.2, 0.25) is 0 Å². The van der Waals surface area contributed by atoms with E-state index < -0.39 is 0 Å². The molecule has 0 saturated carbocycles. The van der Waals surface area contributed by atoms with E-state index in [4.69, 9.17) is 0 Å². The fourth-order valence-electron chi connectivity index (χ4n) is 1.53. The van der Waals surface area contributed by atoms with Crippen molar-refractivity contribution in [2.75, 3.05) is 13.1 Å². The van der Waals surface area contributed by atoms with Gasteiger partial charge in [-0.1, -0.05) is 6.07 Å². The normalized spacial score (nSPS) is 19.3. The molecule has 1 amide bonds. The molecule has 0 bridgehead atoms. The lowest BCUT2D eigenvalue weighted by Gasteiger charge is -2.10. The van der Waals surface area contributed by atoms with Gasteiger partial charge in [-0.25, -0.2) is 0 Å². The van der Waals surface area contributed by atoms with Crippen LogP contribution >= 0.6 is 12.4 Å². The van der Waals surface area contributed by atoms with E-state index in [2.05, 4.69) is 15.6 Å². The van der Waals surface area contributed by atoms with Crippen LogP contribution < -0.4 is 10.6 Å². The highest BCUT2D eigenvalue weighted by Crippen LogP contribution is 1.99. The Bertz CT molecular complexity index is 312. The summed E-state index contributed by atoms with van der Waals surface area (Å²) in [4.78, 5) is 15.6. The zero-order chi connectivity index (χ0) is 9.80. The third kappa shape index (κ3) is 3.18. The lowest BCUT2D eigenvalue weighted by atomic mass is 10.2. The van der Waals surface area contributed by atoms with Crippen LogP contribution in [0.1, 0.15) is 16.9 Å². The fourth-order valence-corrected chi connectivity index (χ4v) is 1.53. The molecule has 1 aromatic rings. The molecule has 82 valence electrons. The molecule has 1 fully saturated rings. The van der Waals surface area contributed by atoms with Crippen molar-refractivity contribution in [3.05, 3.63) is 30.1 Å². The molecule has 1 atom stereocenters. The molecule has 0 aliphatic carbocycles. The highest BCUT2D eigenvalue weighted by Gasteiger charge is 2.17. The smallest absolute Gasteiger partial charge is 0.270 e. The molecule has 0 unspecified atom stereocenters. The quantitative estimate of drug-likeness (QED) is 0.778. The van der Waals surface area contributed by atoms with Crippen LogP contribution in [0.4, 0.5) is 0 Å². The van der Waals surface area contributed by atoms with E-state index in [1.807, 2.05) is 6.07 Å². The van der Waals surface area contributed by atoms with E-state index in [-0.39, 0.29) is 24.4 Å². The van der Waals surface area contributed by atoms with Crippen LogP contribution in [-0.4, -0.2) is 30.0 Å². The molecule has 0 spiro atoms. The predicted molar refractivity (Wildman–Crippen MR) is 60.2 cm³/mol. The number of carbonyl (C=O) groups is 1. The van der Waals surface area contributed by atoms with Gasteiger partial charge >= 0.3 is 0 Å². The SMILES string of the molecule is Cl.O=C(N[C@@H]1CCNC1)c1ccccn1. The zero-order valence-electron chi connectivity index (χ0n) is 8.27. The Morgan fingerprint density at radius 3 is 3.00 bits per heavy atom. The largest absolute Gasteiger partial charge is 0.347 e. The van der Waals surface area contributed by atoms with Crippen molar-refractivity contribution in [2.24, 2.45) is 0 Å². The van der Waals surface area contributed by atoms with E-state index in [0.717, 1.165) is 19.5 Å². The average molecular weight is 228 g/mol. The Morgan fingerprint density at radius 2 is 2.40 bits per heavy atom. The summed E-state index contributed by atoms with van der Waals surface area (Å²) in [5.41, 5.74) is 0.486. The minimum atomic E-state index is -0.0840. The maximum absolute atomic E-state index is 11.6. The minimum Gasteiger partial charge on any atom is -0.347 e. The van der Waals surface area contributed by atoms with Gasteiger partial charge in [0.25, 0.3) is 5.91 Å². The topological polar surface area (TPSA) is 54.0 Å². The lowest BCUT2D eigenvalue weighted by Crippen LogP contribution is -2.36. The van der Waals surface area contributed by atoms with Crippen LogP contribution in [0, 0.1) is 0 Å². The molecule has 1 saturated heterocycles. The summed E-state index contributed by atoms with van der Waals surface area (Å²) in [5, 5.41) is 6.13. The molecule has 2 N–H and O–H groups in total. The van der Waals surface area contributed by atoms with Gasteiger partial charge in [-0.05, 0) is 25.1 Å². The summed E-state index contributed by atoms with van der Waals surface area (Å²) in [6.45, 7) is 1.84. The van der Waals surface area contributed by atoms with E-state index in [1.165, 1.54) is 0 Å². The van der Waals surface area contributed by atoms with Crippen LogP contribution in [0.15, 0.2) is 24.4 Å². The van der Waals surface area contributed by atoms with Crippen LogP contribution in [0.25, 0.3) is 0 Å². The number of aromatic nitrogens is 1. The highest BCUT2D eigenvalue weighted by molar-refractivity contribution is 5.92. The number of halogens is 1. The van der Waals surface area contributed by atoms with Crippen molar-refractivity contribution in [3.63, 3.8) is 0 Å². The van der Waals surface area contributed by atoms with Gasteiger partial charge in [0, 0.05) is 18.8 Å². The Labute approximate surface area is 94.9 Å². The second-order valence-corrected chi connectivity index (χ2v) is 3.38. The van der Waals surface area contributed by atoms with E-state index in [9.17, 15) is 4.79 Å². The number of carbonyl (C=O) groups excluding carboxylic acids is 1. The van der Waals surface area contributed by atoms with Crippen LogP contribution in [-0.2, 0) is 0 Å². The summed E-state index contributed by atoms with van der Waals surface area (Å²) in [6.07, 6.45) is 2.63. The fraction of sp³-hybridized carbons (Fsp3) is 0.400. The van der Waals surface area contributed by atoms with Crippen molar-refractivity contribution in [1.29, 1.82) is 0 Å². The van der Waals surface area contributed by atoms with Crippen molar-refractivity contribution < 1.29 is 4.79 Å². The molecule has 1 aliphatic heterocycles. The molecule has 1 aromatic heterocycles. The molecule has 1 aliphatic rings. The maximum atomic E-state index is 11.6.